The van der Waals surface area contributed by atoms with Crippen molar-refractivity contribution >= 4 is 17.8 Å². The number of carbonyl (C=O) groups excluding carboxylic acids is 2. The van der Waals surface area contributed by atoms with Crippen LogP contribution < -0.4 is 16.4 Å². The van der Waals surface area contributed by atoms with Gasteiger partial charge < -0.3 is 26.2 Å². The number of carboxylic acid groups (broad SMARTS) is 1. The van der Waals surface area contributed by atoms with Crippen LogP contribution >= 0.6 is 0 Å². The zero-order valence-electron chi connectivity index (χ0n) is 16.8. The Morgan fingerprint density at radius 1 is 1.21 bits per heavy atom. The van der Waals surface area contributed by atoms with Crippen LogP contribution in [-0.4, -0.2) is 47.1 Å². The first-order valence-electron chi connectivity index (χ1n) is 9.86. The quantitative estimate of drug-likeness (QED) is 0.488. The van der Waals surface area contributed by atoms with Crippen molar-refractivity contribution in [2.24, 2.45) is 5.73 Å². The molecular weight excluding hydrogens is 374 g/mol. The van der Waals surface area contributed by atoms with Crippen LogP contribution in [0.4, 0.5) is 0 Å². The maximum Gasteiger partial charge on any atom is 0.370 e. The smallest absolute Gasteiger partial charge is 0.370 e. The van der Waals surface area contributed by atoms with E-state index in [1.54, 1.807) is 6.92 Å². The molecule has 0 bridgehead atoms. The van der Waals surface area contributed by atoms with Crippen LogP contribution in [0.25, 0.3) is 0 Å². The molecule has 0 fully saturated rings. The van der Waals surface area contributed by atoms with E-state index < -0.39 is 35.8 Å². The van der Waals surface area contributed by atoms with Crippen molar-refractivity contribution in [2.75, 3.05) is 0 Å². The second-order valence-corrected chi connectivity index (χ2v) is 7.04. The Balaban J connectivity index is 2.09. The van der Waals surface area contributed by atoms with Crippen LogP contribution in [0.1, 0.15) is 38.7 Å². The van der Waals surface area contributed by atoms with Gasteiger partial charge in [-0.1, -0.05) is 44.2 Å². The summed E-state index contributed by atoms with van der Waals surface area (Å²) < 4.78 is 5.40. The fraction of sp³-hybridized carbons (Fsp3) is 0.476. The molecular formula is C21H29N3O5. The minimum Gasteiger partial charge on any atom is -0.475 e. The molecule has 0 aliphatic carbocycles. The van der Waals surface area contributed by atoms with Gasteiger partial charge in [0, 0.05) is 12.5 Å². The van der Waals surface area contributed by atoms with Crippen LogP contribution in [0.3, 0.4) is 0 Å². The number of nitrogens with one attached hydrogen (secondary N) is 2. The maximum absolute atomic E-state index is 12.9. The number of carboxylic acids is 1. The van der Waals surface area contributed by atoms with E-state index in [1.165, 1.54) is 11.6 Å². The van der Waals surface area contributed by atoms with E-state index in [0.717, 1.165) is 12.8 Å². The largest absolute Gasteiger partial charge is 0.475 e. The molecule has 1 heterocycles. The van der Waals surface area contributed by atoms with Crippen LogP contribution in [0, 0.1) is 0 Å². The van der Waals surface area contributed by atoms with Gasteiger partial charge in [-0.2, -0.15) is 0 Å². The lowest BCUT2D eigenvalue weighted by Gasteiger charge is -2.35. The molecule has 4 atom stereocenters. The standard InChI is InChI=1S/C21H29N3O5/c1-3-14(11-10-13-8-6-5-7-9-13)23-20(26)19-18(24-17(25)4-2)15(22)12-16(29-19)21(27)28/h5-9,12,14-15,18-19H,3-4,10-11,22H2,1-2H3,(H,23,26)(H,24,25)(H,27,28)/t14?,15-,18+,19+/m0/s1. The van der Waals surface area contributed by atoms with E-state index >= 15 is 0 Å². The lowest BCUT2D eigenvalue weighted by atomic mass is 9.97. The number of aryl methyl sites for hydroxylation is 1. The summed E-state index contributed by atoms with van der Waals surface area (Å²) in [6.07, 6.45) is 2.41. The van der Waals surface area contributed by atoms with Crippen LogP contribution in [0.5, 0.6) is 0 Å². The summed E-state index contributed by atoms with van der Waals surface area (Å²) in [6, 6.07) is 8.10. The van der Waals surface area contributed by atoms with E-state index in [-0.39, 0.29) is 18.4 Å². The highest BCUT2D eigenvalue weighted by Crippen LogP contribution is 2.19. The second-order valence-electron chi connectivity index (χ2n) is 7.04. The van der Waals surface area contributed by atoms with Gasteiger partial charge in [-0.05, 0) is 30.9 Å². The highest BCUT2D eigenvalue weighted by Gasteiger charge is 2.40. The number of rotatable bonds is 9. The summed E-state index contributed by atoms with van der Waals surface area (Å²) in [5, 5.41) is 14.8. The third kappa shape index (κ3) is 6.32. The summed E-state index contributed by atoms with van der Waals surface area (Å²) >= 11 is 0. The molecule has 2 rings (SSSR count). The number of carbonyl (C=O) groups is 3. The van der Waals surface area contributed by atoms with Crippen molar-refractivity contribution in [3.8, 4) is 0 Å². The first-order valence-corrected chi connectivity index (χ1v) is 9.86. The van der Waals surface area contributed by atoms with Crippen LogP contribution in [-0.2, 0) is 25.5 Å². The highest BCUT2D eigenvalue weighted by molar-refractivity contribution is 5.88. The Morgan fingerprint density at radius 2 is 1.90 bits per heavy atom. The summed E-state index contributed by atoms with van der Waals surface area (Å²) in [5.74, 6) is -2.49. The summed E-state index contributed by atoms with van der Waals surface area (Å²) in [7, 11) is 0. The minimum atomic E-state index is -1.31. The van der Waals surface area contributed by atoms with Gasteiger partial charge in [0.25, 0.3) is 5.91 Å². The lowest BCUT2D eigenvalue weighted by Crippen LogP contribution is -2.61. The zero-order chi connectivity index (χ0) is 21.4. The molecule has 8 heteroatoms. The Hall–Kier alpha value is -2.87. The monoisotopic (exact) mass is 403 g/mol. The Morgan fingerprint density at radius 3 is 2.48 bits per heavy atom. The third-order valence-corrected chi connectivity index (χ3v) is 4.92. The number of aliphatic carboxylic acids is 1. The SMILES string of the molecule is CCC(=O)N[C@@H]1[C@@H](N)C=C(C(=O)O)O[C@H]1C(=O)NC(CC)CCc1ccccc1. The molecule has 1 aromatic rings. The summed E-state index contributed by atoms with van der Waals surface area (Å²) in [6.45, 7) is 3.64. The average Bonchev–Trinajstić information content (AvgIpc) is 2.72. The fourth-order valence-electron chi connectivity index (χ4n) is 3.18. The molecule has 0 saturated carbocycles. The Kier molecular flexibility index (Phi) is 8.21. The van der Waals surface area contributed by atoms with Gasteiger partial charge in [-0.3, -0.25) is 9.59 Å². The van der Waals surface area contributed by atoms with Gasteiger partial charge in [-0.25, -0.2) is 4.79 Å². The predicted octanol–water partition coefficient (Wildman–Crippen LogP) is 1.10. The molecule has 0 spiro atoms. The van der Waals surface area contributed by atoms with Gasteiger partial charge >= 0.3 is 5.97 Å². The number of ether oxygens (including phenoxy) is 1. The van der Waals surface area contributed by atoms with E-state index in [4.69, 9.17) is 10.5 Å². The highest BCUT2D eigenvalue weighted by atomic mass is 16.5. The molecule has 158 valence electrons. The number of amides is 2. The van der Waals surface area contributed by atoms with E-state index in [0.29, 0.717) is 6.42 Å². The Bertz CT molecular complexity index is 750. The van der Waals surface area contributed by atoms with Crippen molar-refractivity contribution in [2.45, 2.75) is 63.8 Å². The van der Waals surface area contributed by atoms with Gasteiger partial charge in [0.1, 0.15) is 0 Å². The second kappa shape index (κ2) is 10.6. The summed E-state index contributed by atoms with van der Waals surface area (Å²) in [5.41, 5.74) is 7.19. The van der Waals surface area contributed by atoms with Gasteiger partial charge in [0.15, 0.2) is 6.10 Å². The van der Waals surface area contributed by atoms with Gasteiger partial charge in [-0.15, -0.1) is 0 Å². The lowest BCUT2D eigenvalue weighted by molar-refractivity contribution is -0.143. The van der Waals surface area contributed by atoms with Crippen molar-refractivity contribution in [3.63, 3.8) is 0 Å². The molecule has 8 nitrogen and oxygen atoms in total. The van der Waals surface area contributed by atoms with Gasteiger partial charge in [0.05, 0.1) is 12.1 Å². The molecule has 0 aromatic heterocycles. The van der Waals surface area contributed by atoms with Gasteiger partial charge in [0.2, 0.25) is 11.7 Å². The van der Waals surface area contributed by atoms with Crippen LogP contribution in [0.2, 0.25) is 0 Å². The first kappa shape index (κ1) is 22.4. The molecule has 0 saturated heterocycles. The molecule has 0 radical (unpaired) electrons. The van der Waals surface area contributed by atoms with Crippen molar-refractivity contribution in [1.29, 1.82) is 0 Å². The molecule has 5 N–H and O–H groups in total. The third-order valence-electron chi connectivity index (χ3n) is 4.92. The van der Waals surface area contributed by atoms with Crippen LogP contribution in [0.15, 0.2) is 42.2 Å². The number of benzene rings is 1. The van der Waals surface area contributed by atoms with Crippen molar-refractivity contribution in [3.05, 3.63) is 47.7 Å². The van der Waals surface area contributed by atoms with Crippen molar-refractivity contribution in [1.82, 2.24) is 10.6 Å². The first-order chi connectivity index (χ1) is 13.8. The summed E-state index contributed by atoms with van der Waals surface area (Å²) in [4.78, 5) is 36.1. The molecule has 2 amide bonds. The topological polar surface area (TPSA) is 131 Å². The molecule has 29 heavy (non-hydrogen) atoms. The average molecular weight is 403 g/mol. The molecule has 1 unspecified atom stereocenters. The fourth-order valence-corrected chi connectivity index (χ4v) is 3.18. The Labute approximate surface area is 170 Å². The molecule has 1 aromatic carbocycles. The zero-order valence-corrected chi connectivity index (χ0v) is 16.8. The molecule has 1 aliphatic rings. The maximum atomic E-state index is 12.9. The normalized spacial score (nSPS) is 22.0. The number of hydrogen-bond acceptors (Lipinski definition) is 5. The molecule has 1 aliphatic heterocycles. The van der Waals surface area contributed by atoms with E-state index in [1.807, 2.05) is 37.3 Å². The predicted molar refractivity (Wildman–Crippen MR) is 108 cm³/mol. The number of nitrogens with two attached hydrogens (primary N) is 1. The van der Waals surface area contributed by atoms with Crippen molar-refractivity contribution < 1.29 is 24.2 Å². The minimum absolute atomic E-state index is 0.121. The van der Waals surface area contributed by atoms with E-state index in [9.17, 15) is 19.5 Å². The number of hydrogen-bond donors (Lipinski definition) is 4. The van der Waals surface area contributed by atoms with E-state index in [2.05, 4.69) is 10.6 Å².